The van der Waals surface area contributed by atoms with Gasteiger partial charge in [-0.3, -0.25) is 4.90 Å². The summed E-state index contributed by atoms with van der Waals surface area (Å²) in [4.78, 5) is 2.65. The molecule has 1 aromatic carbocycles. The zero-order valence-electron chi connectivity index (χ0n) is 12.8. The fraction of sp³-hybridized carbons (Fsp3) is 0.444. The maximum absolute atomic E-state index is 3.74. The predicted octanol–water partition coefficient (Wildman–Crippen LogP) is 3.92. The zero-order chi connectivity index (χ0) is 14.7. The number of hydrogen-bond acceptors (Lipinski definition) is 3. The van der Waals surface area contributed by atoms with Crippen molar-refractivity contribution in [2.45, 2.75) is 32.5 Å². The smallest absolute Gasteiger partial charge is 0.0450 e. The molecule has 1 saturated heterocycles. The minimum absolute atomic E-state index is 0.444. The molecule has 0 aliphatic carbocycles. The molecule has 2 unspecified atom stereocenters. The topological polar surface area (TPSA) is 15.3 Å². The third-order valence-corrected chi connectivity index (χ3v) is 5.13. The average Bonchev–Trinajstić information content (AvgIpc) is 3.01. The lowest BCUT2D eigenvalue weighted by Crippen LogP contribution is -2.54. The fourth-order valence-electron chi connectivity index (χ4n) is 3.19. The number of nitrogens with zero attached hydrogens (tertiary/aromatic N) is 1. The molecule has 21 heavy (non-hydrogen) atoms. The first-order valence-corrected chi connectivity index (χ1v) is 8.72. The molecule has 0 bridgehead atoms. The molecular weight excluding hydrogens is 276 g/mol. The molecule has 0 radical (unpaired) electrons. The predicted molar refractivity (Wildman–Crippen MR) is 90.5 cm³/mol. The van der Waals surface area contributed by atoms with E-state index in [-0.39, 0.29) is 0 Å². The standard InChI is InChI=1S/C18H24N2S/c1-14(2)18-10-19-17(16-6-4-3-5-7-16)12-20(18)11-15-8-9-21-13-15/h3-9,13-14,17-19H,10-12H2,1-2H3. The van der Waals surface area contributed by atoms with Gasteiger partial charge in [0.05, 0.1) is 0 Å². The van der Waals surface area contributed by atoms with E-state index >= 15 is 0 Å². The highest BCUT2D eigenvalue weighted by molar-refractivity contribution is 7.07. The van der Waals surface area contributed by atoms with Crippen molar-refractivity contribution in [3.05, 3.63) is 58.3 Å². The molecule has 0 spiro atoms. The van der Waals surface area contributed by atoms with Gasteiger partial charge in [0.1, 0.15) is 0 Å². The van der Waals surface area contributed by atoms with Gasteiger partial charge in [0.2, 0.25) is 0 Å². The molecular formula is C18H24N2S. The Morgan fingerprint density at radius 3 is 2.71 bits per heavy atom. The van der Waals surface area contributed by atoms with E-state index in [0.717, 1.165) is 19.6 Å². The van der Waals surface area contributed by atoms with E-state index in [4.69, 9.17) is 0 Å². The zero-order valence-corrected chi connectivity index (χ0v) is 13.6. The van der Waals surface area contributed by atoms with Crippen LogP contribution >= 0.6 is 11.3 Å². The van der Waals surface area contributed by atoms with Gasteiger partial charge in [-0.15, -0.1) is 0 Å². The Morgan fingerprint density at radius 2 is 2.05 bits per heavy atom. The summed E-state index contributed by atoms with van der Waals surface area (Å²) in [5.41, 5.74) is 2.84. The third kappa shape index (κ3) is 3.54. The van der Waals surface area contributed by atoms with E-state index in [1.807, 2.05) is 0 Å². The second kappa shape index (κ2) is 6.73. The van der Waals surface area contributed by atoms with E-state index in [1.54, 1.807) is 11.3 Å². The van der Waals surface area contributed by atoms with Crippen LogP contribution in [0.5, 0.6) is 0 Å². The number of nitrogens with one attached hydrogen (secondary N) is 1. The summed E-state index contributed by atoms with van der Waals surface area (Å²) in [5.74, 6) is 0.674. The van der Waals surface area contributed by atoms with Crippen LogP contribution in [0.25, 0.3) is 0 Å². The Morgan fingerprint density at radius 1 is 1.24 bits per heavy atom. The molecule has 2 nitrogen and oxygen atoms in total. The van der Waals surface area contributed by atoms with Crippen LogP contribution in [0, 0.1) is 5.92 Å². The molecule has 0 amide bonds. The van der Waals surface area contributed by atoms with E-state index < -0.39 is 0 Å². The van der Waals surface area contributed by atoms with Crippen molar-refractivity contribution >= 4 is 11.3 Å². The van der Waals surface area contributed by atoms with Crippen LogP contribution in [0.15, 0.2) is 47.2 Å². The maximum Gasteiger partial charge on any atom is 0.0450 e. The third-order valence-electron chi connectivity index (χ3n) is 4.40. The Balaban J connectivity index is 1.75. The first-order chi connectivity index (χ1) is 10.2. The summed E-state index contributed by atoms with van der Waals surface area (Å²) in [5, 5.41) is 8.19. The molecule has 1 aliphatic rings. The largest absolute Gasteiger partial charge is 0.307 e. The highest BCUT2D eigenvalue weighted by atomic mass is 32.1. The Labute approximate surface area is 131 Å². The second-order valence-corrected chi connectivity index (χ2v) is 7.02. The SMILES string of the molecule is CC(C)C1CNC(c2ccccc2)CN1Cc1ccsc1. The average molecular weight is 300 g/mol. The van der Waals surface area contributed by atoms with Gasteiger partial charge >= 0.3 is 0 Å². The monoisotopic (exact) mass is 300 g/mol. The summed E-state index contributed by atoms with van der Waals surface area (Å²) in [7, 11) is 0. The maximum atomic E-state index is 3.74. The molecule has 112 valence electrons. The summed E-state index contributed by atoms with van der Waals surface area (Å²) < 4.78 is 0. The first-order valence-electron chi connectivity index (χ1n) is 7.77. The molecule has 1 N–H and O–H groups in total. The van der Waals surface area contributed by atoms with Crippen molar-refractivity contribution in [3.8, 4) is 0 Å². The van der Waals surface area contributed by atoms with Crippen LogP contribution in [0.3, 0.4) is 0 Å². The second-order valence-electron chi connectivity index (χ2n) is 6.24. The highest BCUT2D eigenvalue weighted by Crippen LogP contribution is 2.25. The van der Waals surface area contributed by atoms with Crippen LogP contribution in [-0.2, 0) is 6.54 Å². The summed E-state index contributed by atoms with van der Waals surface area (Å²) in [6.45, 7) is 7.88. The minimum atomic E-state index is 0.444. The lowest BCUT2D eigenvalue weighted by Gasteiger charge is -2.42. The van der Waals surface area contributed by atoms with Gasteiger partial charge in [-0.1, -0.05) is 44.2 Å². The molecule has 3 rings (SSSR count). The molecule has 0 saturated carbocycles. The van der Waals surface area contributed by atoms with Crippen LogP contribution in [0.1, 0.15) is 31.0 Å². The van der Waals surface area contributed by atoms with Crippen molar-refractivity contribution in [3.63, 3.8) is 0 Å². The van der Waals surface area contributed by atoms with Gasteiger partial charge in [0, 0.05) is 31.7 Å². The molecule has 1 aliphatic heterocycles. The lowest BCUT2D eigenvalue weighted by atomic mass is 9.95. The molecule has 2 aromatic rings. The van der Waals surface area contributed by atoms with Crippen LogP contribution in [0.2, 0.25) is 0 Å². The Bertz CT molecular complexity index is 536. The summed E-state index contributed by atoms with van der Waals surface area (Å²) in [6.07, 6.45) is 0. The van der Waals surface area contributed by atoms with Crippen molar-refractivity contribution in [1.82, 2.24) is 10.2 Å². The van der Waals surface area contributed by atoms with Gasteiger partial charge < -0.3 is 5.32 Å². The number of thiophene rings is 1. The van der Waals surface area contributed by atoms with Crippen LogP contribution in [-0.4, -0.2) is 24.0 Å². The van der Waals surface area contributed by atoms with Gasteiger partial charge in [-0.2, -0.15) is 11.3 Å². The number of rotatable bonds is 4. The highest BCUT2D eigenvalue weighted by Gasteiger charge is 2.30. The number of piperazine rings is 1. The van der Waals surface area contributed by atoms with Gasteiger partial charge in [-0.25, -0.2) is 0 Å². The first kappa shape index (κ1) is 14.8. The molecule has 2 heterocycles. The van der Waals surface area contributed by atoms with E-state index in [9.17, 15) is 0 Å². The Hall–Kier alpha value is -1.16. The number of hydrogen-bond donors (Lipinski definition) is 1. The summed E-state index contributed by atoms with van der Waals surface area (Å²) in [6, 6.07) is 14.1. The summed E-state index contributed by atoms with van der Waals surface area (Å²) >= 11 is 1.79. The van der Waals surface area contributed by atoms with Crippen molar-refractivity contribution in [2.75, 3.05) is 13.1 Å². The van der Waals surface area contributed by atoms with Gasteiger partial charge in [-0.05, 0) is 33.9 Å². The normalized spacial score (nSPS) is 23.6. The van der Waals surface area contributed by atoms with Gasteiger partial charge in [0.15, 0.2) is 0 Å². The van der Waals surface area contributed by atoms with Crippen LogP contribution in [0.4, 0.5) is 0 Å². The minimum Gasteiger partial charge on any atom is -0.307 e. The fourth-order valence-corrected chi connectivity index (χ4v) is 3.85. The van der Waals surface area contributed by atoms with Crippen molar-refractivity contribution < 1.29 is 0 Å². The molecule has 2 atom stereocenters. The molecule has 3 heteroatoms. The Kier molecular flexibility index (Phi) is 4.73. The molecule has 1 fully saturated rings. The van der Waals surface area contributed by atoms with E-state index in [0.29, 0.717) is 18.0 Å². The lowest BCUT2D eigenvalue weighted by molar-refractivity contribution is 0.0912. The van der Waals surface area contributed by atoms with E-state index in [1.165, 1.54) is 11.1 Å². The molecule has 1 aromatic heterocycles. The van der Waals surface area contributed by atoms with Gasteiger partial charge in [0.25, 0.3) is 0 Å². The number of benzene rings is 1. The quantitative estimate of drug-likeness (QED) is 0.920. The van der Waals surface area contributed by atoms with E-state index in [2.05, 4.69) is 71.2 Å². The van der Waals surface area contributed by atoms with Crippen molar-refractivity contribution in [2.24, 2.45) is 5.92 Å². The van der Waals surface area contributed by atoms with Crippen LogP contribution < -0.4 is 5.32 Å². The van der Waals surface area contributed by atoms with Crippen molar-refractivity contribution in [1.29, 1.82) is 0 Å².